The molecular formula is C22H19F3N8O. The number of carbonyl (C=O) groups excluding carboxylic acids is 1. The number of nitrogens with zero attached hydrogens (tertiary/aromatic N) is 5. The maximum atomic E-state index is 13.0. The molecule has 0 aliphatic rings. The molecule has 0 atom stereocenters. The zero-order valence-corrected chi connectivity index (χ0v) is 18.1. The molecule has 1 amide bonds. The Labute approximate surface area is 192 Å². The number of aryl methyl sites for hydroxylation is 1. The minimum absolute atomic E-state index is 0.0405. The summed E-state index contributed by atoms with van der Waals surface area (Å²) in [6.45, 7) is 1.83. The van der Waals surface area contributed by atoms with Crippen LogP contribution in [0.5, 0.6) is 0 Å². The molecule has 0 saturated carbocycles. The third kappa shape index (κ3) is 4.95. The van der Waals surface area contributed by atoms with Crippen molar-refractivity contribution in [3.8, 4) is 5.82 Å². The summed E-state index contributed by atoms with van der Waals surface area (Å²) in [4.78, 5) is 25.2. The van der Waals surface area contributed by atoms with Gasteiger partial charge in [0.15, 0.2) is 5.82 Å². The summed E-state index contributed by atoms with van der Waals surface area (Å²) >= 11 is 0. The van der Waals surface area contributed by atoms with Gasteiger partial charge in [0.2, 0.25) is 5.95 Å². The second-order valence-electron chi connectivity index (χ2n) is 7.19. The molecule has 174 valence electrons. The smallest absolute Gasteiger partial charge is 0.373 e. The van der Waals surface area contributed by atoms with Gasteiger partial charge in [-0.15, -0.1) is 0 Å². The van der Waals surface area contributed by atoms with Crippen molar-refractivity contribution in [2.45, 2.75) is 13.1 Å². The van der Waals surface area contributed by atoms with Crippen LogP contribution in [-0.2, 0) is 6.18 Å². The lowest BCUT2D eigenvalue weighted by molar-refractivity contribution is -0.137. The Morgan fingerprint density at radius 1 is 1.00 bits per heavy atom. The molecule has 3 N–H and O–H groups in total. The Hall–Kier alpha value is -4.48. The molecule has 0 bridgehead atoms. The fourth-order valence-corrected chi connectivity index (χ4v) is 3.09. The predicted octanol–water partition coefficient (Wildman–Crippen LogP) is 4.42. The van der Waals surface area contributed by atoms with Gasteiger partial charge >= 0.3 is 6.18 Å². The first-order valence-corrected chi connectivity index (χ1v) is 10.0. The fraction of sp³-hybridized carbons (Fsp3) is 0.136. The SMILES string of the molecule is CNc1cc(-n2ncnc2Nc2cc(C(=O)Nc3cccc(C(F)(F)F)c3)ccc2C)ncn1. The molecule has 2 aromatic heterocycles. The van der Waals surface area contributed by atoms with E-state index in [-0.39, 0.29) is 11.3 Å². The summed E-state index contributed by atoms with van der Waals surface area (Å²) in [5.41, 5.74) is 0.814. The van der Waals surface area contributed by atoms with Gasteiger partial charge in [-0.1, -0.05) is 12.1 Å². The number of alkyl halides is 3. The maximum Gasteiger partial charge on any atom is 0.416 e. The van der Waals surface area contributed by atoms with Gasteiger partial charge in [0.1, 0.15) is 18.5 Å². The van der Waals surface area contributed by atoms with Crippen molar-refractivity contribution < 1.29 is 18.0 Å². The van der Waals surface area contributed by atoms with E-state index in [4.69, 9.17) is 0 Å². The van der Waals surface area contributed by atoms with Crippen LogP contribution in [0.4, 0.5) is 36.3 Å². The second kappa shape index (κ2) is 9.17. The van der Waals surface area contributed by atoms with E-state index in [2.05, 4.69) is 36.0 Å². The van der Waals surface area contributed by atoms with E-state index in [9.17, 15) is 18.0 Å². The molecule has 0 saturated heterocycles. The van der Waals surface area contributed by atoms with E-state index in [0.717, 1.165) is 17.7 Å². The molecule has 0 unspecified atom stereocenters. The average Bonchev–Trinajstić information content (AvgIpc) is 3.28. The van der Waals surface area contributed by atoms with E-state index in [1.807, 2.05) is 6.92 Å². The first-order valence-electron chi connectivity index (χ1n) is 10.0. The number of nitrogens with one attached hydrogen (secondary N) is 3. The predicted molar refractivity (Wildman–Crippen MR) is 120 cm³/mol. The van der Waals surface area contributed by atoms with E-state index in [1.165, 1.54) is 29.5 Å². The molecule has 2 aromatic carbocycles. The summed E-state index contributed by atoms with van der Waals surface area (Å²) in [7, 11) is 1.73. The van der Waals surface area contributed by atoms with Crippen LogP contribution < -0.4 is 16.0 Å². The summed E-state index contributed by atoms with van der Waals surface area (Å²) in [5, 5.41) is 12.7. The lowest BCUT2D eigenvalue weighted by Crippen LogP contribution is -2.14. The van der Waals surface area contributed by atoms with E-state index >= 15 is 0 Å². The fourth-order valence-electron chi connectivity index (χ4n) is 3.09. The molecule has 34 heavy (non-hydrogen) atoms. The highest BCUT2D eigenvalue weighted by atomic mass is 19.4. The lowest BCUT2D eigenvalue weighted by atomic mass is 10.1. The third-order valence-corrected chi connectivity index (χ3v) is 4.87. The van der Waals surface area contributed by atoms with Gasteiger partial charge in [0.05, 0.1) is 5.56 Å². The van der Waals surface area contributed by atoms with Crippen molar-refractivity contribution in [2.24, 2.45) is 0 Å². The number of hydrogen-bond donors (Lipinski definition) is 3. The van der Waals surface area contributed by atoms with E-state index in [1.54, 1.807) is 31.3 Å². The molecule has 0 radical (unpaired) electrons. The van der Waals surface area contributed by atoms with Crippen molar-refractivity contribution >= 4 is 29.0 Å². The van der Waals surface area contributed by atoms with Crippen LogP contribution in [0.2, 0.25) is 0 Å². The zero-order valence-electron chi connectivity index (χ0n) is 18.1. The second-order valence-corrected chi connectivity index (χ2v) is 7.19. The Bertz CT molecular complexity index is 1340. The van der Waals surface area contributed by atoms with Gasteiger partial charge in [-0.25, -0.2) is 9.97 Å². The first-order chi connectivity index (χ1) is 16.2. The van der Waals surface area contributed by atoms with Gasteiger partial charge in [-0.3, -0.25) is 4.79 Å². The van der Waals surface area contributed by atoms with Gasteiger partial charge in [0.25, 0.3) is 5.91 Å². The van der Waals surface area contributed by atoms with Crippen LogP contribution in [0.25, 0.3) is 5.82 Å². The summed E-state index contributed by atoms with van der Waals surface area (Å²) in [5.74, 6) is 0.851. The van der Waals surface area contributed by atoms with Crippen LogP contribution in [0.1, 0.15) is 21.5 Å². The lowest BCUT2D eigenvalue weighted by Gasteiger charge is -2.13. The highest BCUT2D eigenvalue weighted by Gasteiger charge is 2.30. The van der Waals surface area contributed by atoms with Crippen molar-refractivity contribution in [3.05, 3.63) is 77.9 Å². The number of anilines is 4. The van der Waals surface area contributed by atoms with Crippen LogP contribution in [-0.4, -0.2) is 37.7 Å². The number of amides is 1. The molecule has 9 nitrogen and oxygen atoms in total. The third-order valence-electron chi connectivity index (χ3n) is 4.87. The van der Waals surface area contributed by atoms with Crippen molar-refractivity contribution in [2.75, 3.05) is 23.0 Å². The monoisotopic (exact) mass is 468 g/mol. The number of hydrogen-bond acceptors (Lipinski definition) is 7. The van der Waals surface area contributed by atoms with Crippen LogP contribution in [0.15, 0.2) is 61.2 Å². The maximum absolute atomic E-state index is 13.0. The molecule has 4 aromatic rings. The molecule has 0 fully saturated rings. The number of benzene rings is 2. The largest absolute Gasteiger partial charge is 0.416 e. The van der Waals surface area contributed by atoms with E-state index < -0.39 is 17.6 Å². The van der Waals surface area contributed by atoms with Crippen LogP contribution >= 0.6 is 0 Å². The van der Waals surface area contributed by atoms with Crippen molar-refractivity contribution in [1.82, 2.24) is 24.7 Å². The molecular weight excluding hydrogens is 449 g/mol. The van der Waals surface area contributed by atoms with Gasteiger partial charge in [-0.2, -0.15) is 27.9 Å². The molecule has 2 heterocycles. The standard InChI is InChI=1S/C22H19F3N8O/c1-13-6-7-14(20(34)31-16-5-3-4-15(9-16)22(23,24)25)8-17(13)32-21-29-12-30-33(21)19-10-18(26-2)27-11-28-19/h3-12H,1-2H3,(H,31,34)(H,26,27,28)(H,29,30,32). The molecule has 12 heteroatoms. The zero-order chi connectivity index (χ0) is 24.3. The summed E-state index contributed by atoms with van der Waals surface area (Å²) in [6, 6.07) is 11.0. The average molecular weight is 468 g/mol. The Balaban J connectivity index is 1.57. The number of halogens is 3. The van der Waals surface area contributed by atoms with Gasteiger partial charge in [0, 0.05) is 30.1 Å². The van der Waals surface area contributed by atoms with Crippen LogP contribution in [0.3, 0.4) is 0 Å². The van der Waals surface area contributed by atoms with E-state index in [0.29, 0.717) is 23.3 Å². The molecule has 4 rings (SSSR count). The highest BCUT2D eigenvalue weighted by molar-refractivity contribution is 6.05. The summed E-state index contributed by atoms with van der Waals surface area (Å²) < 4.78 is 40.3. The summed E-state index contributed by atoms with van der Waals surface area (Å²) in [6.07, 6.45) is -1.77. The number of carbonyl (C=O) groups is 1. The topological polar surface area (TPSA) is 110 Å². The minimum atomic E-state index is -4.50. The van der Waals surface area contributed by atoms with Crippen LogP contribution in [0, 0.1) is 6.92 Å². The van der Waals surface area contributed by atoms with Crippen molar-refractivity contribution in [3.63, 3.8) is 0 Å². The number of aromatic nitrogens is 5. The molecule has 0 spiro atoms. The highest BCUT2D eigenvalue weighted by Crippen LogP contribution is 2.31. The molecule has 0 aliphatic heterocycles. The van der Waals surface area contributed by atoms with Gasteiger partial charge < -0.3 is 16.0 Å². The Kier molecular flexibility index (Phi) is 6.13. The Morgan fingerprint density at radius 3 is 2.59 bits per heavy atom. The quantitative estimate of drug-likeness (QED) is 0.384. The normalized spacial score (nSPS) is 11.2. The Morgan fingerprint density at radius 2 is 1.82 bits per heavy atom. The first kappa shape index (κ1) is 22.7. The van der Waals surface area contributed by atoms with Gasteiger partial charge in [-0.05, 0) is 42.8 Å². The minimum Gasteiger partial charge on any atom is -0.373 e. The number of rotatable bonds is 6. The van der Waals surface area contributed by atoms with Crippen molar-refractivity contribution in [1.29, 1.82) is 0 Å². The molecule has 0 aliphatic carbocycles.